The summed E-state index contributed by atoms with van der Waals surface area (Å²) in [7, 11) is 1.54. The topological polar surface area (TPSA) is 71.3 Å². The number of ether oxygens (including phenoxy) is 2. The van der Waals surface area contributed by atoms with Gasteiger partial charge in [-0.3, -0.25) is 4.79 Å². The Morgan fingerprint density at radius 2 is 1.82 bits per heavy atom. The van der Waals surface area contributed by atoms with Crippen molar-refractivity contribution in [1.82, 2.24) is 5.32 Å². The van der Waals surface area contributed by atoms with E-state index in [0.29, 0.717) is 39.7 Å². The molecule has 0 radical (unpaired) electrons. The number of amides is 1. The number of hydrogen-bond acceptors (Lipinski definition) is 4. The molecule has 1 amide bonds. The Hall–Kier alpha value is -3.27. The number of carbonyl (C=O) groups excluding carboxylic acids is 1. The highest BCUT2D eigenvalue weighted by molar-refractivity contribution is 9.10. The van der Waals surface area contributed by atoms with E-state index in [0.717, 1.165) is 18.4 Å². The minimum absolute atomic E-state index is 0.0114. The smallest absolute Gasteiger partial charge is 0.261 e. The van der Waals surface area contributed by atoms with Gasteiger partial charge in [-0.15, -0.1) is 0 Å². The number of halogens is 2. The van der Waals surface area contributed by atoms with Crippen LogP contribution in [0.5, 0.6) is 11.5 Å². The van der Waals surface area contributed by atoms with E-state index >= 15 is 0 Å². The number of nitrogens with one attached hydrogen (secondary N) is 1. The second-order valence-corrected chi connectivity index (χ2v) is 8.75. The molecule has 0 aromatic heterocycles. The first-order valence-corrected chi connectivity index (χ1v) is 11.9. The molecule has 0 aliphatic carbocycles. The van der Waals surface area contributed by atoms with Gasteiger partial charge in [0.1, 0.15) is 18.2 Å². The highest BCUT2D eigenvalue weighted by Gasteiger charge is 2.13. The van der Waals surface area contributed by atoms with Crippen molar-refractivity contribution < 1.29 is 14.3 Å². The van der Waals surface area contributed by atoms with Crippen molar-refractivity contribution in [1.29, 1.82) is 5.26 Å². The van der Waals surface area contributed by atoms with Crippen LogP contribution < -0.4 is 14.8 Å². The molecule has 0 aliphatic rings. The molecule has 0 saturated carbocycles. The van der Waals surface area contributed by atoms with E-state index in [9.17, 15) is 10.1 Å². The van der Waals surface area contributed by atoms with Crippen molar-refractivity contribution in [3.05, 3.63) is 98.5 Å². The Balaban J connectivity index is 1.65. The molecular formula is C27H24BrClN2O3. The maximum absolute atomic E-state index is 12.5. The number of rotatable bonds is 10. The maximum atomic E-state index is 12.5. The Morgan fingerprint density at radius 3 is 2.50 bits per heavy atom. The first kappa shape index (κ1) is 25.4. The molecule has 0 saturated heterocycles. The number of aryl methyl sites for hydroxylation is 1. The molecule has 3 aromatic rings. The molecule has 0 heterocycles. The predicted octanol–water partition coefficient (Wildman–Crippen LogP) is 6.35. The van der Waals surface area contributed by atoms with Crippen LogP contribution in [0.2, 0.25) is 5.02 Å². The van der Waals surface area contributed by atoms with E-state index in [1.807, 2.05) is 36.4 Å². The van der Waals surface area contributed by atoms with Gasteiger partial charge in [0.25, 0.3) is 5.91 Å². The number of benzene rings is 3. The van der Waals surface area contributed by atoms with Crippen molar-refractivity contribution >= 4 is 39.5 Å². The van der Waals surface area contributed by atoms with Crippen LogP contribution in [0.25, 0.3) is 6.08 Å². The number of nitriles is 1. The van der Waals surface area contributed by atoms with Gasteiger partial charge in [0.2, 0.25) is 0 Å². The molecule has 0 atom stereocenters. The van der Waals surface area contributed by atoms with Gasteiger partial charge in [0, 0.05) is 16.0 Å². The standard InChI is InChI=1S/C27H24BrClN2O3/c1-33-25-15-21(24(28)16-26(25)34-18-20-9-11-23(29)12-10-20)14-22(17-30)27(32)31-13-5-8-19-6-3-2-4-7-19/h2-4,6-7,9-12,14-16H,5,8,13,18H2,1H3,(H,31,32)/b22-14-. The zero-order valence-corrected chi connectivity index (χ0v) is 21.0. The highest BCUT2D eigenvalue weighted by Crippen LogP contribution is 2.35. The van der Waals surface area contributed by atoms with Gasteiger partial charge >= 0.3 is 0 Å². The second kappa shape index (κ2) is 12.8. The van der Waals surface area contributed by atoms with Crippen LogP contribution in [-0.4, -0.2) is 19.6 Å². The van der Waals surface area contributed by atoms with Gasteiger partial charge in [0.15, 0.2) is 11.5 Å². The number of methoxy groups -OCH3 is 1. The summed E-state index contributed by atoms with van der Waals surface area (Å²) < 4.78 is 12.0. The number of carbonyl (C=O) groups is 1. The average Bonchev–Trinajstić information content (AvgIpc) is 2.86. The fraction of sp³-hybridized carbons (Fsp3) is 0.185. The minimum atomic E-state index is -0.413. The van der Waals surface area contributed by atoms with Gasteiger partial charge < -0.3 is 14.8 Å². The van der Waals surface area contributed by atoms with E-state index < -0.39 is 5.91 Å². The molecule has 0 fully saturated rings. The summed E-state index contributed by atoms with van der Waals surface area (Å²) in [5, 5.41) is 13.0. The van der Waals surface area contributed by atoms with Crippen molar-refractivity contribution in [3.63, 3.8) is 0 Å². The van der Waals surface area contributed by atoms with Crippen LogP contribution in [-0.2, 0) is 17.8 Å². The van der Waals surface area contributed by atoms with E-state index in [1.54, 1.807) is 24.3 Å². The van der Waals surface area contributed by atoms with Gasteiger partial charge in [-0.05, 0) is 59.9 Å². The molecule has 0 aliphatic heterocycles. The van der Waals surface area contributed by atoms with E-state index in [1.165, 1.54) is 18.7 Å². The summed E-state index contributed by atoms with van der Waals surface area (Å²) in [6, 6.07) is 22.9. The van der Waals surface area contributed by atoms with Gasteiger partial charge in [-0.1, -0.05) is 70.0 Å². The molecule has 1 N–H and O–H groups in total. The lowest BCUT2D eigenvalue weighted by atomic mass is 10.1. The molecular weight excluding hydrogens is 516 g/mol. The molecule has 5 nitrogen and oxygen atoms in total. The quantitative estimate of drug-likeness (QED) is 0.185. The van der Waals surface area contributed by atoms with E-state index in [2.05, 4.69) is 33.4 Å². The molecule has 7 heteroatoms. The summed E-state index contributed by atoms with van der Waals surface area (Å²) in [6.45, 7) is 0.818. The first-order valence-electron chi connectivity index (χ1n) is 10.7. The van der Waals surface area contributed by atoms with E-state index in [-0.39, 0.29) is 5.57 Å². The maximum Gasteiger partial charge on any atom is 0.261 e. The van der Waals surface area contributed by atoms with Crippen LogP contribution in [0.1, 0.15) is 23.1 Å². The first-order chi connectivity index (χ1) is 16.5. The summed E-state index contributed by atoms with van der Waals surface area (Å²) in [5.74, 6) is 0.610. The van der Waals surface area contributed by atoms with Gasteiger partial charge in [-0.25, -0.2) is 0 Å². The summed E-state index contributed by atoms with van der Waals surface area (Å²) in [4.78, 5) is 12.5. The van der Waals surface area contributed by atoms with Crippen LogP contribution in [0, 0.1) is 11.3 Å². The number of hydrogen-bond donors (Lipinski definition) is 1. The Morgan fingerprint density at radius 1 is 1.09 bits per heavy atom. The molecule has 3 aromatic carbocycles. The third kappa shape index (κ3) is 7.38. The summed E-state index contributed by atoms with van der Waals surface area (Å²) >= 11 is 9.43. The van der Waals surface area contributed by atoms with Crippen molar-refractivity contribution in [2.24, 2.45) is 0 Å². The third-order valence-electron chi connectivity index (χ3n) is 5.03. The molecule has 0 unspecified atom stereocenters. The van der Waals surface area contributed by atoms with E-state index in [4.69, 9.17) is 21.1 Å². The second-order valence-electron chi connectivity index (χ2n) is 7.45. The minimum Gasteiger partial charge on any atom is -0.493 e. The van der Waals surface area contributed by atoms with Crippen LogP contribution in [0.4, 0.5) is 0 Å². The molecule has 0 spiro atoms. The van der Waals surface area contributed by atoms with Crippen LogP contribution >= 0.6 is 27.5 Å². The summed E-state index contributed by atoms with van der Waals surface area (Å²) in [5.41, 5.74) is 2.81. The monoisotopic (exact) mass is 538 g/mol. The van der Waals surface area contributed by atoms with Crippen molar-refractivity contribution in [2.75, 3.05) is 13.7 Å². The number of nitrogens with zero attached hydrogens (tertiary/aromatic N) is 1. The fourth-order valence-electron chi connectivity index (χ4n) is 3.21. The normalized spacial score (nSPS) is 10.9. The molecule has 0 bridgehead atoms. The Bertz CT molecular complexity index is 1190. The molecule has 3 rings (SSSR count). The van der Waals surface area contributed by atoms with Crippen LogP contribution in [0.3, 0.4) is 0 Å². The zero-order chi connectivity index (χ0) is 24.3. The zero-order valence-electron chi connectivity index (χ0n) is 18.7. The van der Waals surface area contributed by atoms with Crippen molar-refractivity contribution in [2.45, 2.75) is 19.4 Å². The van der Waals surface area contributed by atoms with Gasteiger partial charge in [0.05, 0.1) is 7.11 Å². The predicted molar refractivity (Wildman–Crippen MR) is 138 cm³/mol. The third-order valence-corrected chi connectivity index (χ3v) is 5.96. The lowest BCUT2D eigenvalue weighted by molar-refractivity contribution is -0.117. The summed E-state index contributed by atoms with van der Waals surface area (Å²) in [6.07, 6.45) is 3.17. The lowest BCUT2D eigenvalue weighted by Crippen LogP contribution is -2.25. The largest absolute Gasteiger partial charge is 0.493 e. The SMILES string of the molecule is COc1cc(/C=C(/C#N)C(=O)NCCCc2ccccc2)c(Br)cc1OCc1ccc(Cl)cc1. The van der Waals surface area contributed by atoms with Crippen molar-refractivity contribution in [3.8, 4) is 17.6 Å². The Kier molecular flexibility index (Phi) is 9.57. The molecule has 174 valence electrons. The molecule has 34 heavy (non-hydrogen) atoms. The highest BCUT2D eigenvalue weighted by atomic mass is 79.9. The average molecular weight is 540 g/mol. The van der Waals surface area contributed by atoms with Gasteiger partial charge in [-0.2, -0.15) is 5.26 Å². The lowest BCUT2D eigenvalue weighted by Gasteiger charge is -2.13. The Labute approximate surface area is 213 Å². The fourth-order valence-corrected chi connectivity index (χ4v) is 3.78. The van der Waals surface area contributed by atoms with Crippen LogP contribution in [0.15, 0.2) is 76.8 Å².